The highest BCUT2D eigenvalue weighted by atomic mass is 127. The molecule has 0 unspecified atom stereocenters. The van der Waals surface area contributed by atoms with Crippen LogP contribution in [0, 0.1) is 0 Å². The second-order valence-electron chi connectivity index (χ2n) is 3.31. The van der Waals surface area contributed by atoms with Gasteiger partial charge in [-0.15, -0.1) is 0 Å². The second-order valence-corrected chi connectivity index (χ2v) is 5.47. The minimum Gasteiger partial charge on any atom is -0.269 e. The molecule has 0 fully saturated rings. The number of carbonyl (C=O) groups excluding carboxylic acids is 2. The van der Waals surface area contributed by atoms with E-state index in [1.165, 1.54) is 4.90 Å². The first-order chi connectivity index (χ1) is 7.61. The molecule has 1 aromatic rings. The summed E-state index contributed by atoms with van der Waals surface area (Å²) in [5, 5.41) is 0. The molecule has 2 rings (SSSR count). The van der Waals surface area contributed by atoms with E-state index in [9.17, 15) is 9.59 Å². The topological polar surface area (TPSA) is 37.4 Å². The molecule has 2 amide bonds. The summed E-state index contributed by atoms with van der Waals surface area (Å²) in [4.78, 5) is 24.8. The Morgan fingerprint density at radius 2 is 1.44 bits per heavy atom. The molecule has 0 spiro atoms. The van der Waals surface area contributed by atoms with Gasteiger partial charge in [0.25, 0.3) is 11.8 Å². The predicted octanol–water partition coefficient (Wildman–Crippen LogP) is 2.64. The lowest BCUT2D eigenvalue weighted by Gasteiger charge is -2.13. The van der Waals surface area contributed by atoms with E-state index >= 15 is 0 Å². The van der Waals surface area contributed by atoms with Crippen molar-refractivity contribution in [3.05, 3.63) is 43.1 Å². The van der Waals surface area contributed by atoms with Crippen molar-refractivity contribution < 1.29 is 9.59 Å². The lowest BCUT2D eigenvalue weighted by atomic mass is 10.2. The molecule has 0 N–H and O–H groups in total. The van der Waals surface area contributed by atoms with Crippen LogP contribution in [0.15, 0.2) is 37.5 Å². The summed E-state index contributed by atoms with van der Waals surface area (Å²) >= 11 is 3.83. The van der Waals surface area contributed by atoms with Crippen LogP contribution in [-0.4, -0.2) is 16.7 Å². The molecule has 3 nitrogen and oxygen atoms in total. The highest BCUT2D eigenvalue weighted by Crippen LogP contribution is 2.31. The van der Waals surface area contributed by atoms with Crippen molar-refractivity contribution in [2.75, 3.05) is 0 Å². The molecule has 0 saturated heterocycles. The van der Waals surface area contributed by atoms with Crippen LogP contribution < -0.4 is 0 Å². The number of halogens is 2. The van der Waals surface area contributed by atoms with Crippen LogP contribution in [0.3, 0.4) is 0 Å². The van der Waals surface area contributed by atoms with Crippen molar-refractivity contribution >= 4 is 57.0 Å². The van der Waals surface area contributed by atoms with Crippen LogP contribution in [0.2, 0.25) is 0 Å². The largest absolute Gasteiger partial charge is 0.269 e. The fourth-order valence-electron chi connectivity index (χ4n) is 1.43. The van der Waals surface area contributed by atoms with E-state index in [4.69, 9.17) is 0 Å². The molecule has 1 heterocycles. The van der Waals surface area contributed by atoms with Gasteiger partial charge in [0.05, 0.1) is 13.7 Å². The van der Waals surface area contributed by atoms with Gasteiger partial charge in [0.2, 0.25) is 0 Å². The monoisotopic (exact) mass is 439 g/mol. The molecule has 16 heavy (non-hydrogen) atoms. The first kappa shape index (κ1) is 12.0. The fourth-order valence-corrected chi connectivity index (χ4v) is 2.47. The predicted molar refractivity (Wildman–Crippen MR) is 77.1 cm³/mol. The summed E-state index contributed by atoms with van der Waals surface area (Å²) in [6, 6.07) is 9.49. The van der Waals surface area contributed by atoms with Crippen molar-refractivity contribution in [1.29, 1.82) is 0 Å². The Morgan fingerprint density at radius 3 is 1.94 bits per heavy atom. The van der Waals surface area contributed by atoms with Gasteiger partial charge in [-0.1, -0.05) is 30.3 Å². The van der Waals surface area contributed by atoms with Crippen LogP contribution in [0.4, 0.5) is 0 Å². The standard InChI is InChI=1S/C11H7I2NO2/c12-8-9(13)11(16)14(10(8)15)6-7-4-2-1-3-5-7/h1-5H,6H2. The van der Waals surface area contributed by atoms with Crippen molar-refractivity contribution in [3.8, 4) is 0 Å². The van der Waals surface area contributed by atoms with Gasteiger partial charge < -0.3 is 0 Å². The van der Waals surface area contributed by atoms with Gasteiger partial charge >= 0.3 is 0 Å². The molecular formula is C11H7I2NO2. The molecular weight excluding hydrogens is 432 g/mol. The number of rotatable bonds is 2. The zero-order chi connectivity index (χ0) is 11.7. The Morgan fingerprint density at radius 1 is 0.938 bits per heavy atom. The summed E-state index contributed by atoms with van der Waals surface area (Å²) in [6.07, 6.45) is 0. The Bertz CT molecular complexity index is 458. The molecule has 1 aliphatic heterocycles. The average Bonchev–Trinajstić information content (AvgIpc) is 2.48. The Balaban J connectivity index is 2.21. The van der Waals surface area contributed by atoms with Crippen LogP contribution in [0.25, 0.3) is 0 Å². The van der Waals surface area contributed by atoms with Crippen LogP contribution >= 0.6 is 45.2 Å². The van der Waals surface area contributed by atoms with E-state index in [1.807, 2.05) is 75.5 Å². The molecule has 0 aromatic heterocycles. The maximum atomic E-state index is 11.8. The van der Waals surface area contributed by atoms with Crippen LogP contribution in [-0.2, 0) is 16.1 Å². The van der Waals surface area contributed by atoms with E-state index in [1.54, 1.807) is 0 Å². The van der Waals surface area contributed by atoms with Gasteiger partial charge in [-0.25, -0.2) is 0 Å². The second kappa shape index (κ2) is 4.82. The lowest BCUT2D eigenvalue weighted by Crippen LogP contribution is -2.30. The molecule has 0 radical (unpaired) electrons. The van der Waals surface area contributed by atoms with Gasteiger partial charge in [0, 0.05) is 0 Å². The zero-order valence-electron chi connectivity index (χ0n) is 8.11. The summed E-state index contributed by atoms with van der Waals surface area (Å²) in [5.41, 5.74) is 0.958. The van der Waals surface area contributed by atoms with Gasteiger partial charge in [0.15, 0.2) is 0 Å². The van der Waals surface area contributed by atoms with Crippen molar-refractivity contribution in [3.63, 3.8) is 0 Å². The molecule has 0 atom stereocenters. The molecule has 82 valence electrons. The third-order valence-corrected chi connectivity index (χ3v) is 5.28. The van der Waals surface area contributed by atoms with E-state index in [2.05, 4.69) is 0 Å². The fraction of sp³-hybridized carbons (Fsp3) is 0.0909. The molecule has 0 saturated carbocycles. The summed E-state index contributed by atoms with van der Waals surface area (Å²) in [7, 11) is 0. The molecule has 5 heteroatoms. The lowest BCUT2D eigenvalue weighted by molar-refractivity contribution is -0.137. The molecule has 1 aromatic carbocycles. The minimum absolute atomic E-state index is 0.196. The van der Waals surface area contributed by atoms with Crippen LogP contribution in [0.1, 0.15) is 5.56 Å². The number of hydrogen-bond acceptors (Lipinski definition) is 2. The third kappa shape index (κ3) is 2.15. The number of carbonyl (C=O) groups is 2. The first-order valence-electron chi connectivity index (χ1n) is 4.56. The van der Waals surface area contributed by atoms with Crippen molar-refractivity contribution in [1.82, 2.24) is 4.90 Å². The third-order valence-electron chi connectivity index (χ3n) is 2.24. The number of amides is 2. The smallest absolute Gasteiger partial charge is 0.268 e. The van der Waals surface area contributed by atoms with E-state index in [0.717, 1.165) is 5.56 Å². The van der Waals surface area contributed by atoms with Gasteiger partial charge in [0.1, 0.15) is 0 Å². The van der Waals surface area contributed by atoms with E-state index < -0.39 is 0 Å². The molecule has 0 bridgehead atoms. The number of imide groups is 1. The van der Waals surface area contributed by atoms with Crippen molar-refractivity contribution in [2.45, 2.75) is 6.54 Å². The maximum absolute atomic E-state index is 11.8. The summed E-state index contributed by atoms with van der Waals surface area (Å²) in [5.74, 6) is -0.391. The van der Waals surface area contributed by atoms with E-state index in [0.29, 0.717) is 13.7 Å². The minimum atomic E-state index is -0.196. The molecule has 0 aliphatic carbocycles. The van der Waals surface area contributed by atoms with Gasteiger partial charge in [-0.2, -0.15) is 0 Å². The highest BCUT2D eigenvalue weighted by molar-refractivity contribution is 14.1. The Kier molecular flexibility index (Phi) is 3.63. The van der Waals surface area contributed by atoms with E-state index in [-0.39, 0.29) is 11.8 Å². The number of nitrogens with zero attached hydrogens (tertiary/aromatic N) is 1. The summed E-state index contributed by atoms with van der Waals surface area (Å²) < 4.78 is 1.03. The average molecular weight is 439 g/mol. The Labute approximate surface area is 120 Å². The SMILES string of the molecule is O=C1C(I)=C(I)C(=O)N1Cc1ccccc1. The Hall–Kier alpha value is -0.440. The zero-order valence-corrected chi connectivity index (χ0v) is 12.4. The summed E-state index contributed by atoms with van der Waals surface area (Å²) in [6.45, 7) is 0.345. The van der Waals surface area contributed by atoms with Gasteiger partial charge in [-0.05, 0) is 50.7 Å². The van der Waals surface area contributed by atoms with Gasteiger partial charge in [-0.3, -0.25) is 14.5 Å². The number of hydrogen-bond donors (Lipinski definition) is 0. The highest BCUT2D eigenvalue weighted by Gasteiger charge is 2.35. The maximum Gasteiger partial charge on any atom is 0.268 e. The number of benzene rings is 1. The molecule has 1 aliphatic rings. The van der Waals surface area contributed by atoms with Crippen LogP contribution in [0.5, 0.6) is 0 Å². The van der Waals surface area contributed by atoms with Crippen molar-refractivity contribution in [2.24, 2.45) is 0 Å². The first-order valence-corrected chi connectivity index (χ1v) is 6.72. The quantitative estimate of drug-likeness (QED) is 0.526. The normalized spacial score (nSPS) is 16.2.